The van der Waals surface area contributed by atoms with E-state index in [1.807, 2.05) is 0 Å². The summed E-state index contributed by atoms with van der Waals surface area (Å²) in [6.45, 7) is -0.791. The van der Waals surface area contributed by atoms with Gasteiger partial charge >= 0.3 is 0 Å². The molecule has 0 aromatic heterocycles. The van der Waals surface area contributed by atoms with E-state index in [1.54, 1.807) is 42.5 Å². The van der Waals surface area contributed by atoms with E-state index in [9.17, 15) is 18.6 Å². The Morgan fingerprint density at radius 3 is 2.04 bits per heavy atom. The van der Waals surface area contributed by atoms with E-state index in [-0.39, 0.29) is 4.90 Å². The van der Waals surface area contributed by atoms with Crippen LogP contribution in [0.25, 0.3) is 0 Å². The summed E-state index contributed by atoms with van der Waals surface area (Å²) in [6, 6.07) is 15.0. The van der Waals surface area contributed by atoms with E-state index < -0.39 is 39.6 Å². The summed E-state index contributed by atoms with van der Waals surface area (Å²) in [6.07, 6.45) is 0. The second-order valence-corrected chi connectivity index (χ2v) is 8.36. The van der Waals surface area contributed by atoms with Crippen molar-refractivity contribution in [2.45, 2.75) is 16.1 Å². The average Bonchev–Trinajstić information content (AvgIpc) is 3.27. The lowest BCUT2D eigenvalue weighted by Gasteiger charge is -2.11. The van der Waals surface area contributed by atoms with Crippen LogP contribution < -0.4 is 0 Å². The van der Waals surface area contributed by atoms with E-state index in [1.165, 1.54) is 12.1 Å². The Balaban J connectivity index is 2.05. The fraction of sp³-hybridized carbons (Fsp3) is 0.294. The first-order valence-electron chi connectivity index (χ1n) is 7.23. The van der Waals surface area contributed by atoms with Gasteiger partial charge in [0, 0.05) is 16.4 Å². The first-order valence-corrected chi connectivity index (χ1v) is 9.16. The van der Waals surface area contributed by atoms with Crippen LogP contribution in [0.15, 0.2) is 59.5 Å². The van der Waals surface area contributed by atoms with Gasteiger partial charge in [-0.3, -0.25) is 0 Å². The fourth-order valence-electron chi connectivity index (χ4n) is 3.30. The van der Waals surface area contributed by atoms with Gasteiger partial charge in [0.2, 0.25) is 0 Å². The predicted molar refractivity (Wildman–Crippen MR) is 88.2 cm³/mol. The molecule has 0 spiro atoms. The molecular formula is C17H17ClO4S. The molecule has 23 heavy (non-hydrogen) atoms. The lowest BCUT2D eigenvalue weighted by atomic mass is 10.0. The van der Waals surface area contributed by atoms with Crippen molar-refractivity contribution < 1.29 is 18.6 Å². The quantitative estimate of drug-likeness (QED) is 0.865. The SMILES string of the molecule is O=S(=O)(c1ccccc1)[C@@H]1[C@H](c2ccc(Cl)cc2)C1(CO)CO. The van der Waals surface area contributed by atoms with Gasteiger partial charge in [-0.25, -0.2) is 8.42 Å². The van der Waals surface area contributed by atoms with Crippen molar-refractivity contribution in [1.82, 2.24) is 0 Å². The van der Waals surface area contributed by atoms with Crippen LogP contribution in [0.2, 0.25) is 5.02 Å². The summed E-state index contributed by atoms with van der Waals surface area (Å²) >= 11 is 5.88. The molecule has 4 nitrogen and oxygen atoms in total. The molecule has 6 heteroatoms. The monoisotopic (exact) mass is 352 g/mol. The van der Waals surface area contributed by atoms with Gasteiger partial charge in [-0.1, -0.05) is 41.9 Å². The Morgan fingerprint density at radius 1 is 0.957 bits per heavy atom. The number of aliphatic hydroxyl groups is 2. The third kappa shape index (κ3) is 2.58. The standard InChI is InChI=1S/C17H17ClO4S/c18-13-8-6-12(7-9-13)15-16(17(15,10-19)11-20)23(21,22)14-4-2-1-3-5-14/h1-9,15-16,19-20H,10-11H2/t15-,16+/m0/s1. The maximum Gasteiger partial charge on any atom is 0.182 e. The molecule has 0 amide bonds. The highest BCUT2D eigenvalue weighted by Crippen LogP contribution is 2.63. The summed E-state index contributed by atoms with van der Waals surface area (Å²) in [5.41, 5.74) is -0.315. The third-order valence-corrected chi connectivity index (χ3v) is 7.19. The number of hydrogen-bond acceptors (Lipinski definition) is 4. The van der Waals surface area contributed by atoms with E-state index in [0.29, 0.717) is 5.02 Å². The number of aliphatic hydroxyl groups excluding tert-OH is 2. The minimum atomic E-state index is -3.66. The summed E-state index contributed by atoms with van der Waals surface area (Å²) in [5.74, 6) is -0.458. The summed E-state index contributed by atoms with van der Waals surface area (Å²) in [7, 11) is -3.66. The topological polar surface area (TPSA) is 74.6 Å². The van der Waals surface area contributed by atoms with Crippen LogP contribution in [0.4, 0.5) is 0 Å². The Hall–Kier alpha value is -1.40. The van der Waals surface area contributed by atoms with Crippen molar-refractivity contribution in [2.24, 2.45) is 5.41 Å². The average molecular weight is 353 g/mol. The molecule has 0 saturated heterocycles. The van der Waals surface area contributed by atoms with Crippen molar-refractivity contribution in [3.05, 3.63) is 65.2 Å². The molecule has 2 aromatic rings. The van der Waals surface area contributed by atoms with Crippen LogP contribution in [0.5, 0.6) is 0 Å². The van der Waals surface area contributed by atoms with Crippen LogP contribution in [-0.2, 0) is 9.84 Å². The molecule has 1 aliphatic carbocycles. The van der Waals surface area contributed by atoms with Gasteiger partial charge in [-0.15, -0.1) is 0 Å². The first-order chi connectivity index (χ1) is 11.0. The van der Waals surface area contributed by atoms with Crippen molar-refractivity contribution in [3.63, 3.8) is 0 Å². The van der Waals surface area contributed by atoms with Crippen molar-refractivity contribution in [2.75, 3.05) is 13.2 Å². The highest BCUT2D eigenvalue weighted by atomic mass is 35.5. The van der Waals surface area contributed by atoms with Crippen LogP contribution in [0.1, 0.15) is 11.5 Å². The minimum absolute atomic E-state index is 0.202. The van der Waals surface area contributed by atoms with Crippen LogP contribution in [-0.4, -0.2) is 37.1 Å². The van der Waals surface area contributed by atoms with E-state index >= 15 is 0 Å². The zero-order chi connectivity index (χ0) is 16.7. The molecule has 122 valence electrons. The molecule has 2 atom stereocenters. The molecule has 2 aromatic carbocycles. The van der Waals surface area contributed by atoms with Gasteiger partial charge in [0.05, 0.1) is 23.4 Å². The van der Waals surface area contributed by atoms with Gasteiger partial charge in [0.25, 0.3) is 0 Å². The minimum Gasteiger partial charge on any atom is -0.396 e. The predicted octanol–water partition coefficient (Wildman–Crippen LogP) is 2.25. The molecule has 0 aliphatic heterocycles. The first kappa shape index (κ1) is 16.5. The summed E-state index contributed by atoms with van der Waals surface area (Å²) in [5, 5.41) is 19.2. The second-order valence-electron chi connectivity index (χ2n) is 5.86. The van der Waals surface area contributed by atoms with E-state index in [4.69, 9.17) is 11.6 Å². The molecule has 1 aliphatic rings. The molecule has 1 fully saturated rings. The highest BCUT2D eigenvalue weighted by Gasteiger charge is 2.70. The Morgan fingerprint density at radius 2 is 1.52 bits per heavy atom. The molecule has 3 rings (SSSR count). The maximum atomic E-state index is 12.9. The van der Waals surface area contributed by atoms with Gasteiger partial charge in [0.1, 0.15) is 0 Å². The number of halogens is 1. The summed E-state index contributed by atoms with van der Waals surface area (Å²) in [4.78, 5) is 0.202. The van der Waals surface area contributed by atoms with Crippen molar-refractivity contribution in [3.8, 4) is 0 Å². The van der Waals surface area contributed by atoms with Crippen molar-refractivity contribution in [1.29, 1.82) is 0 Å². The van der Waals surface area contributed by atoms with E-state index in [0.717, 1.165) is 5.56 Å². The zero-order valence-corrected chi connectivity index (χ0v) is 13.8. The van der Waals surface area contributed by atoms with E-state index in [2.05, 4.69) is 0 Å². The van der Waals surface area contributed by atoms with Crippen molar-refractivity contribution >= 4 is 21.4 Å². The maximum absolute atomic E-state index is 12.9. The molecule has 0 radical (unpaired) electrons. The Bertz CT molecular complexity index is 783. The lowest BCUT2D eigenvalue weighted by Crippen LogP contribution is -2.22. The highest BCUT2D eigenvalue weighted by molar-refractivity contribution is 7.92. The molecule has 0 heterocycles. The molecule has 1 saturated carbocycles. The number of rotatable bonds is 5. The van der Waals surface area contributed by atoms with Crippen LogP contribution in [0.3, 0.4) is 0 Å². The normalized spacial score (nSPS) is 22.7. The third-order valence-electron chi connectivity index (χ3n) is 4.60. The number of sulfone groups is 1. The second kappa shape index (κ2) is 5.91. The Labute approximate surface area is 140 Å². The zero-order valence-electron chi connectivity index (χ0n) is 12.3. The molecule has 2 N–H and O–H groups in total. The number of hydrogen-bond donors (Lipinski definition) is 2. The van der Waals surface area contributed by atoms with Gasteiger partial charge < -0.3 is 10.2 Å². The summed E-state index contributed by atoms with van der Waals surface area (Å²) < 4.78 is 25.9. The number of benzene rings is 2. The van der Waals surface area contributed by atoms with Gasteiger partial charge in [-0.2, -0.15) is 0 Å². The molecular weight excluding hydrogens is 336 g/mol. The van der Waals surface area contributed by atoms with Crippen LogP contribution in [0, 0.1) is 5.41 Å². The fourth-order valence-corrected chi connectivity index (χ4v) is 5.88. The smallest absolute Gasteiger partial charge is 0.182 e. The van der Waals surface area contributed by atoms with Gasteiger partial charge in [0.15, 0.2) is 9.84 Å². The Kier molecular flexibility index (Phi) is 4.23. The lowest BCUT2D eigenvalue weighted by molar-refractivity contribution is 0.130. The van der Waals surface area contributed by atoms with Gasteiger partial charge in [-0.05, 0) is 29.8 Å². The molecule has 0 unspecified atom stereocenters. The van der Waals surface area contributed by atoms with Crippen LogP contribution >= 0.6 is 11.6 Å². The molecule has 0 bridgehead atoms. The largest absolute Gasteiger partial charge is 0.396 e.